The van der Waals surface area contributed by atoms with Crippen molar-refractivity contribution in [1.82, 2.24) is 10.6 Å². The predicted octanol–water partition coefficient (Wildman–Crippen LogP) is 1.91. The zero-order valence-corrected chi connectivity index (χ0v) is 10.2. The normalized spacial score (nSPS) is 55.5. The highest BCUT2D eigenvalue weighted by Gasteiger charge is 2.52. The zero-order valence-electron chi connectivity index (χ0n) is 10.2. The Morgan fingerprint density at radius 1 is 0.938 bits per heavy atom. The summed E-state index contributed by atoms with van der Waals surface area (Å²) in [5.41, 5.74) is 0.570. The van der Waals surface area contributed by atoms with Gasteiger partial charge in [-0.2, -0.15) is 0 Å². The third-order valence-electron chi connectivity index (χ3n) is 6.13. The molecule has 0 spiro atoms. The molecule has 0 aromatic rings. The number of nitrogens with one attached hydrogen (secondary N) is 2. The Labute approximate surface area is 98.6 Å². The van der Waals surface area contributed by atoms with Crippen molar-refractivity contribution in [2.45, 2.75) is 56.5 Å². The summed E-state index contributed by atoms with van der Waals surface area (Å²) in [6.07, 6.45) is 10.4. The van der Waals surface area contributed by atoms with Gasteiger partial charge in [0, 0.05) is 18.1 Å². The lowest BCUT2D eigenvalue weighted by Gasteiger charge is -2.59. The summed E-state index contributed by atoms with van der Waals surface area (Å²) in [4.78, 5) is 0. The van der Waals surface area contributed by atoms with Crippen molar-refractivity contribution in [3.63, 3.8) is 0 Å². The molecule has 5 rings (SSSR count). The summed E-state index contributed by atoms with van der Waals surface area (Å²) >= 11 is 0. The van der Waals surface area contributed by atoms with Gasteiger partial charge in [0.1, 0.15) is 0 Å². The highest BCUT2D eigenvalue weighted by atomic mass is 15.1. The van der Waals surface area contributed by atoms with E-state index in [1.807, 2.05) is 0 Å². The molecule has 3 atom stereocenters. The van der Waals surface area contributed by atoms with Gasteiger partial charge in [-0.15, -0.1) is 0 Å². The summed E-state index contributed by atoms with van der Waals surface area (Å²) in [6, 6.07) is 0.884. The Kier molecular flexibility index (Phi) is 2.14. The molecule has 0 amide bonds. The van der Waals surface area contributed by atoms with Crippen molar-refractivity contribution in [1.29, 1.82) is 0 Å². The van der Waals surface area contributed by atoms with Crippen LogP contribution in [0.3, 0.4) is 0 Å². The van der Waals surface area contributed by atoms with Crippen molar-refractivity contribution in [2.75, 3.05) is 13.1 Å². The molecule has 0 aromatic carbocycles. The minimum absolute atomic E-state index is 0.570. The number of hydrogen-bond acceptors (Lipinski definition) is 2. The smallest absolute Gasteiger partial charge is 0.0213 e. The third kappa shape index (κ3) is 1.26. The van der Waals surface area contributed by atoms with Gasteiger partial charge in [0.05, 0.1) is 0 Å². The maximum atomic E-state index is 3.96. The van der Waals surface area contributed by atoms with Crippen LogP contribution >= 0.6 is 0 Å². The van der Waals surface area contributed by atoms with Crippen LogP contribution in [-0.4, -0.2) is 24.7 Å². The highest BCUT2D eigenvalue weighted by molar-refractivity contribution is 5.09. The summed E-state index contributed by atoms with van der Waals surface area (Å²) in [6.45, 7) is 2.63. The van der Waals surface area contributed by atoms with Crippen LogP contribution in [0.2, 0.25) is 0 Å². The average molecular weight is 220 g/mol. The minimum Gasteiger partial charge on any atom is -0.313 e. The third-order valence-corrected chi connectivity index (χ3v) is 6.13. The van der Waals surface area contributed by atoms with Gasteiger partial charge in [0.2, 0.25) is 0 Å². The number of hydrogen-bond donors (Lipinski definition) is 2. The Morgan fingerprint density at radius 2 is 1.81 bits per heavy atom. The minimum atomic E-state index is 0.570. The number of rotatable bonds is 1. The fourth-order valence-corrected chi connectivity index (χ4v) is 5.04. The molecule has 3 aliphatic heterocycles. The first-order valence-corrected chi connectivity index (χ1v) is 7.36. The first-order chi connectivity index (χ1) is 7.87. The van der Waals surface area contributed by atoms with Gasteiger partial charge < -0.3 is 10.6 Å². The lowest BCUT2D eigenvalue weighted by atomic mass is 9.57. The van der Waals surface area contributed by atoms with E-state index in [0.717, 1.165) is 23.8 Å². The first kappa shape index (κ1) is 9.90. The van der Waals surface area contributed by atoms with Crippen molar-refractivity contribution in [2.24, 2.45) is 17.8 Å². The number of piperidine rings is 2. The second-order valence-corrected chi connectivity index (χ2v) is 6.70. The van der Waals surface area contributed by atoms with Crippen LogP contribution in [0, 0.1) is 17.8 Å². The van der Waals surface area contributed by atoms with Crippen LogP contribution < -0.4 is 10.6 Å². The van der Waals surface area contributed by atoms with E-state index < -0.39 is 0 Å². The maximum absolute atomic E-state index is 3.96. The molecule has 2 bridgehead atoms. The molecular formula is C14H24N2. The topological polar surface area (TPSA) is 24.1 Å². The fraction of sp³-hybridized carbons (Fsp3) is 1.00. The SMILES string of the molecule is C1CC2NCC2C(C23CCC(CC2)CN3)C1. The van der Waals surface area contributed by atoms with Gasteiger partial charge in [-0.3, -0.25) is 0 Å². The molecule has 2 nitrogen and oxygen atoms in total. The lowest BCUT2D eigenvalue weighted by molar-refractivity contribution is -0.0227. The van der Waals surface area contributed by atoms with Crippen LogP contribution in [0.5, 0.6) is 0 Å². The second-order valence-electron chi connectivity index (χ2n) is 6.70. The summed E-state index contributed by atoms with van der Waals surface area (Å²) in [7, 11) is 0. The van der Waals surface area contributed by atoms with Gasteiger partial charge in [0.25, 0.3) is 0 Å². The van der Waals surface area contributed by atoms with E-state index in [4.69, 9.17) is 0 Å². The summed E-state index contributed by atoms with van der Waals surface area (Å²) < 4.78 is 0. The molecule has 2 heteroatoms. The standard InChI is InChI=1S/C14H24N2/c1-2-12(11-9-15-13(11)3-1)14-6-4-10(5-7-14)8-16-14/h10-13,15-16H,1-9H2. The molecule has 90 valence electrons. The predicted molar refractivity (Wildman–Crippen MR) is 65.3 cm³/mol. The maximum Gasteiger partial charge on any atom is 0.0213 e. The molecule has 3 heterocycles. The van der Waals surface area contributed by atoms with E-state index in [0.29, 0.717) is 5.54 Å². The van der Waals surface area contributed by atoms with Gasteiger partial charge in [-0.25, -0.2) is 0 Å². The average Bonchev–Trinajstić information content (AvgIpc) is 2.33. The molecule has 0 aromatic heterocycles. The molecule has 5 aliphatic rings. The molecule has 2 saturated carbocycles. The lowest BCUT2D eigenvalue weighted by Crippen LogP contribution is -2.68. The molecule has 5 fully saturated rings. The van der Waals surface area contributed by atoms with Crippen molar-refractivity contribution in [3.05, 3.63) is 0 Å². The van der Waals surface area contributed by atoms with E-state index in [-0.39, 0.29) is 0 Å². The second kappa shape index (κ2) is 3.46. The Hall–Kier alpha value is -0.0800. The molecule has 16 heavy (non-hydrogen) atoms. The van der Waals surface area contributed by atoms with Crippen molar-refractivity contribution < 1.29 is 0 Å². The van der Waals surface area contributed by atoms with Crippen LogP contribution in [0.1, 0.15) is 44.9 Å². The highest BCUT2D eigenvalue weighted by Crippen LogP contribution is 2.49. The van der Waals surface area contributed by atoms with Gasteiger partial charge in [0.15, 0.2) is 0 Å². The molecule has 2 N–H and O–H groups in total. The van der Waals surface area contributed by atoms with E-state index in [9.17, 15) is 0 Å². The van der Waals surface area contributed by atoms with E-state index in [1.54, 1.807) is 0 Å². The van der Waals surface area contributed by atoms with Crippen LogP contribution in [-0.2, 0) is 0 Å². The first-order valence-electron chi connectivity index (χ1n) is 7.36. The van der Waals surface area contributed by atoms with E-state index >= 15 is 0 Å². The Morgan fingerprint density at radius 3 is 2.44 bits per heavy atom. The molecule has 3 unspecified atom stereocenters. The van der Waals surface area contributed by atoms with Gasteiger partial charge in [-0.05, 0) is 62.8 Å². The van der Waals surface area contributed by atoms with E-state index in [2.05, 4.69) is 10.6 Å². The molecular weight excluding hydrogens is 196 g/mol. The Balaban J connectivity index is 1.58. The Bertz CT molecular complexity index is 267. The fourth-order valence-electron chi connectivity index (χ4n) is 5.04. The van der Waals surface area contributed by atoms with Crippen LogP contribution in [0.25, 0.3) is 0 Å². The molecule has 2 aliphatic carbocycles. The van der Waals surface area contributed by atoms with Crippen molar-refractivity contribution >= 4 is 0 Å². The molecule has 3 saturated heterocycles. The summed E-state index contributed by atoms with van der Waals surface area (Å²) in [5.74, 6) is 3.02. The van der Waals surface area contributed by atoms with Crippen LogP contribution in [0.15, 0.2) is 0 Å². The summed E-state index contributed by atoms with van der Waals surface area (Å²) in [5, 5.41) is 7.60. The van der Waals surface area contributed by atoms with Gasteiger partial charge in [-0.1, -0.05) is 6.42 Å². The van der Waals surface area contributed by atoms with Crippen LogP contribution in [0.4, 0.5) is 0 Å². The zero-order chi connectivity index (χ0) is 10.6. The monoisotopic (exact) mass is 220 g/mol. The molecule has 0 radical (unpaired) electrons. The quantitative estimate of drug-likeness (QED) is 0.705. The van der Waals surface area contributed by atoms with E-state index in [1.165, 1.54) is 58.0 Å². The van der Waals surface area contributed by atoms with Crippen molar-refractivity contribution in [3.8, 4) is 0 Å². The number of fused-ring (bicyclic) bond motifs is 4. The largest absolute Gasteiger partial charge is 0.313 e. The van der Waals surface area contributed by atoms with Gasteiger partial charge >= 0.3 is 0 Å².